The molecule has 17 heavy (non-hydrogen) atoms. The maximum absolute atomic E-state index is 11.5. The highest BCUT2D eigenvalue weighted by atomic mass is 32.2. The summed E-state index contributed by atoms with van der Waals surface area (Å²) in [5.74, 6) is 1.18. The predicted octanol–water partition coefficient (Wildman–Crippen LogP) is 2.20. The van der Waals surface area contributed by atoms with Gasteiger partial charge in [0.25, 0.3) is 0 Å². The molecule has 0 fully saturated rings. The van der Waals surface area contributed by atoms with E-state index in [1.807, 2.05) is 0 Å². The number of unbranched alkanes of at least 4 members (excludes halogenated alkanes) is 7. The van der Waals surface area contributed by atoms with Gasteiger partial charge < -0.3 is 10.8 Å². The molecule has 0 rings (SSSR count). The molecule has 2 atom stereocenters. The molecule has 0 aromatic rings. The van der Waals surface area contributed by atoms with E-state index in [1.54, 1.807) is 0 Å². The van der Waals surface area contributed by atoms with Gasteiger partial charge in [-0.25, -0.2) is 0 Å². The van der Waals surface area contributed by atoms with Crippen LogP contribution in [0.3, 0.4) is 0 Å². The Morgan fingerprint density at radius 1 is 1.06 bits per heavy atom. The number of aliphatic hydroxyl groups excluding tert-OH is 1. The van der Waals surface area contributed by atoms with Gasteiger partial charge in [-0.2, -0.15) is 0 Å². The van der Waals surface area contributed by atoms with E-state index in [2.05, 4.69) is 6.92 Å². The zero-order chi connectivity index (χ0) is 12.9. The van der Waals surface area contributed by atoms with Gasteiger partial charge in [-0.1, -0.05) is 51.9 Å². The number of hydrogen-bond donors (Lipinski definition) is 2. The zero-order valence-corrected chi connectivity index (χ0v) is 12.0. The predicted molar refractivity (Wildman–Crippen MR) is 75.5 cm³/mol. The van der Waals surface area contributed by atoms with E-state index >= 15 is 0 Å². The van der Waals surface area contributed by atoms with Crippen molar-refractivity contribution in [2.75, 3.05) is 18.1 Å². The lowest BCUT2D eigenvalue weighted by molar-refractivity contribution is 0.275. The maximum Gasteiger partial charge on any atom is 0.0591 e. The summed E-state index contributed by atoms with van der Waals surface area (Å²) >= 11 is 0. The van der Waals surface area contributed by atoms with Crippen molar-refractivity contribution in [1.29, 1.82) is 0 Å². The van der Waals surface area contributed by atoms with Gasteiger partial charge >= 0.3 is 0 Å². The molecule has 0 aliphatic carbocycles. The van der Waals surface area contributed by atoms with E-state index in [0.717, 1.165) is 12.2 Å². The van der Waals surface area contributed by atoms with Gasteiger partial charge in [0.1, 0.15) is 0 Å². The Morgan fingerprint density at radius 2 is 1.59 bits per heavy atom. The lowest BCUT2D eigenvalue weighted by Crippen LogP contribution is -2.31. The third-order valence-corrected chi connectivity index (χ3v) is 4.40. The minimum atomic E-state index is -0.845. The van der Waals surface area contributed by atoms with Crippen molar-refractivity contribution in [2.24, 2.45) is 5.73 Å². The summed E-state index contributed by atoms with van der Waals surface area (Å²) < 4.78 is 11.5. The molecule has 0 bridgehead atoms. The van der Waals surface area contributed by atoms with Gasteiger partial charge in [-0.05, 0) is 6.42 Å². The monoisotopic (exact) mass is 263 g/mol. The molecule has 0 unspecified atom stereocenters. The molecule has 0 aromatic carbocycles. The van der Waals surface area contributed by atoms with E-state index in [-0.39, 0.29) is 12.6 Å². The van der Waals surface area contributed by atoms with Crippen LogP contribution in [0.25, 0.3) is 0 Å². The highest BCUT2D eigenvalue weighted by Crippen LogP contribution is 2.08. The summed E-state index contributed by atoms with van der Waals surface area (Å²) in [7, 11) is -0.845. The molecule has 0 amide bonds. The Balaban J connectivity index is 3.19. The molecule has 0 aliphatic rings. The first-order valence-electron chi connectivity index (χ1n) is 6.92. The van der Waals surface area contributed by atoms with Crippen LogP contribution in [0, 0.1) is 0 Å². The van der Waals surface area contributed by atoms with Crippen LogP contribution < -0.4 is 5.73 Å². The minimum absolute atomic E-state index is 0.0663. The van der Waals surface area contributed by atoms with Crippen LogP contribution in [0.1, 0.15) is 58.3 Å². The Labute approximate surface area is 109 Å². The highest BCUT2D eigenvalue weighted by molar-refractivity contribution is 7.85. The molecule has 0 saturated heterocycles. The summed E-state index contributed by atoms with van der Waals surface area (Å²) in [6.45, 7) is 2.16. The SMILES string of the molecule is CCCCCCCCCC[S@](=O)C[C@@H](N)CO. The largest absolute Gasteiger partial charge is 0.395 e. The first-order valence-corrected chi connectivity index (χ1v) is 8.41. The number of nitrogens with two attached hydrogens (primary N) is 1. The van der Waals surface area contributed by atoms with E-state index in [4.69, 9.17) is 10.8 Å². The number of hydrogen-bond acceptors (Lipinski definition) is 3. The molecule has 0 radical (unpaired) electrons. The van der Waals surface area contributed by atoms with Crippen LogP contribution in [-0.2, 0) is 10.8 Å². The standard InChI is InChI=1S/C13H29NO2S/c1-2-3-4-5-6-7-8-9-10-17(16)12-13(14)11-15/h13,15H,2-12,14H2,1H3/t13-,17-/m0/s1. The topological polar surface area (TPSA) is 63.3 Å². The maximum atomic E-state index is 11.5. The van der Waals surface area contributed by atoms with Gasteiger partial charge in [0.05, 0.1) is 6.61 Å². The Hall–Kier alpha value is 0.0700. The lowest BCUT2D eigenvalue weighted by Gasteiger charge is -2.07. The quantitative estimate of drug-likeness (QED) is 0.531. The molecule has 0 saturated carbocycles. The highest BCUT2D eigenvalue weighted by Gasteiger charge is 2.06. The second-order valence-corrected chi connectivity index (χ2v) is 6.35. The second-order valence-electron chi connectivity index (χ2n) is 4.73. The Bertz CT molecular complexity index is 188. The van der Waals surface area contributed by atoms with Gasteiger partial charge in [0.15, 0.2) is 0 Å². The summed E-state index contributed by atoms with van der Waals surface area (Å²) in [6.07, 6.45) is 10.1. The number of rotatable bonds is 12. The van der Waals surface area contributed by atoms with Crippen LogP contribution in [0.5, 0.6) is 0 Å². The molecule has 3 nitrogen and oxygen atoms in total. The fourth-order valence-corrected chi connectivity index (χ4v) is 3.05. The molecular formula is C13H29NO2S. The first-order chi connectivity index (χ1) is 8.20. The van der Waals surface area contributed by atoms with E-state index in [9.17, 15) is 4.21 Å². The third-order valence-electron chi connectivity index (χ3n) is 2.86. The van der Waals surface area contributed by atoms with Crippen LogP contribution in [0.2, 0.25) is 0 Å². The molecule has 0 aromatic heterocycles. The molecule has 0 heterocycles. The van der Waals surface area contributed by atoms with E-state index < -0.39 is 10.8 Å². The summed E-state index contributed by atoms with van der Waals surface area (Å²) in [5, 5.41) is 8.74. The average molecular weight is 263 g/mol. The molecule has 0 aliphatic heterocycles. The average Bonchev–Trinajstić information content (AvgIpc) is 2.32. The van der Waals surface area contributed by atoms with Crippen LogP contribution in [0.15, 0.2) is 0 Å². The fourth-order valence-electron chi connectivity index (χ4n) is 1.77. The van der Waals surface area contributed by atoms with E-state index in [1.165, 1.54) is 44.9 Å². The summed E-state index contributed by atoms with van der Waals surface area (Å²) in [5.41, 5.74) is 5.53. The van der Waals surface area contributed by atoms with Crippen molar-refractivity contribution in [3.63, 3.8) is 0 Å². The van der Waals surface area contributed by atoms with E-state index in [0.29, 0.717) is 5.75 Å². The lowest BCUT2D eigenvalue weighted by atomic mass is 10.1. The van der Waals surface area contributed by atoms with Crippen LogP contribution in [0.4, 0.5) is 0 Å². The zero-order valence-electron chi connectivity index (χ0n) is 11.2. The van der Waals surface area contributed by atoms with Crippen molar-refractivity contribution in [2.45, 2.75) is 64.3 Å². The van der Waals surface area contributed by atoms with Crippen molar-refractivity contribution in [3.05, 3.63) is 0 Å². The van der Waals surface area contributed by atoms with Crippen molar-refractivity contribution in [1.82, 2.24) is 0 Å². The second kappa shape index (κ2) is 12.5. The van der Waals surface area contributed by atoms with Crippen LogP contribution in [-0.4, -0.2) is 33.5 Å². The van der Waals surface area contributed by atoms with Crippen molar-refractivity contribution < 1.29 is 9.32 Å². The summed E-state index contributed by atoms with van der Waals surface area (Å²) in [4.78, 5) is 0. The molecule has 3 N–H and O–H groups in total. The van der Waals surface area contributed by atoms with Crippen molar-refractivity contribution in [3.8, 4) is 0 Å². The van der Waals surface area contributed by atoms with Gasteiger partial charge in [-0.15, -0.1) is 0 Å². The van der Waals surface area contributed by atoms with Crippen LogP contribution >= 0.6 is 0 Å². The molecule has 104 valence electrons. The Morgan fingerprint density at radius 3 is 2.12 bits per heavy atom. The number of aliphatic hydroxyl groups is 1. The molecule has 0 spiro atoms. The molecular weight excluding hydrogens is 234 g/mol. The molecule has 4 heteroatoms. The van der Waals surface area contributed by atoms with Crippen molar-refractivity contribution >= 4 is 10.8 Å². The third kappa shape index (κ3) is 12.3. The van der Waals surface area contributed by atoms with Gasteiger partial charge in [-0.3, -0.25) is 4.21 Å². The summed E-state index contributed by atoms with van der Waals surface area (Å²) in [6, 6.07) is -0.315. The van der Waals surface area contributed by atoms with Gasteiger partial charge in [0.2, 0.25) is 0 Å². The fraction of sp³-hybridized carbons (Fsp3) is 1.00. The first kappa shape index (κ1) is 17.1. The Kier molecular flexibility index (Phi) is 12.6. The normalized spacial score (nSPS) is 14.8. The smallest absolute Gasteiger partial charge is 0.0591 e. The minimum Gasteiger partial charge on any atom is -0.395 e. The van der Waals surface area contributed by atoms with Gasteiger partial charge in [0, 0.05) is 28.3 Å².